The summed E-state index contributed by atoms with van der Waals surface area (Å²) < 4.78 is 1.58. The molecule has 18 heavy (non-hydrogen) atoms. The van der Waals surface area contributed by atoms with E-state index in [9.17, 15) is 10.1 Å². The molecule has 0 heterocycles. The van der Waals surface area contributed by atoms with Gasteiger partial charge in [-0.1, -0.05) is 37.9 Å². The third kappa shape index (κ3) is 3.08. The Kier molecular flexibility index (Phi) is 3.98. The van der Waals surface area contributed by atoms with Crippen molar-refractivity contribution in [3.63, 3.8) is 0 Å². The highest BCUT2D eigenvalue weighted by atomic mass is 79.9. The number of nitrogens with zero attached hydrogens (tertiary/aromatic N) is 1. The molecule has 2 aromatic rings. The van der Waals surface area contributed by atoms with Crippen LogP contribution in [0.2, 0.25) is 0 Å². The summed E-state index contributed by atoms with van der Waals surface area (Å²) in [5.41, 5.74) is 1.28. The Bertz CT molecular complexity index is 602. The van der Waals surface area contributed by atoms with E-state index >= 15 is 0 Å². The second-order valence-electron chi connectivity index (χ2n) is 3.55. The number of rotatable bonds is 3. The number of hydrogen-bond acceptors (Lipinski definition) is 3. The summed E-state index contributed by atoms with van der Waals surface area (Å²) in [4.78, 5) is 10.6. The zero-order valence-corrected chi connectivity index (χ0v) is 12.2. The van der Waals surface area contributed by atoms with E-state index in [1.807, 2.05) is 24.3 Å². The van der Waals surface area contributed by atoms with E-state index in [-0.39, 0.29) is 5.69 Å². The van der Waals surface area contributed by atoms with Gasteiger partial charge in [0.1, 0.15) is 5.69 Å². The van der Waals surface area contributed by atoms with Crippen LogP contribution in [0.25, 0.3) is 0 Å². The molecule has 1 N–H and O–H groups in total. The van der Waals surface area contributed by atoms with Crippen molar-refractivity contribution in [2.75, 3.05) is 5.32 Å². The minimum Gasteiger partial charge on any atom is -0.350 e. The smallest absolute Gasteiger partial charge is 0.293 e. The number of anilines is 2. The van der Waals surface area contributed by atoms with Crippen molar-refractivity contribution in [2.24, 2.45) is 0 Å². The van der Waals surface area contributed by atoms with E-state index in [1.165, 1.54) is 6.07 Å². The monoisotopic (exact) mass is 370 g/mol. The van der Waals surface area contributed by atoms with Crippen LogP contribution in [-0.2, 0) is 0 Å². The highest BCUT2D eigenvalue weighted by Crippen LogP contribution is 2.31. The van der Waals surface area contributed by atoms with Crippen LogP contribution in [0, 0.1) is 10.1 Å². The molecule has 0 fully saturated rings. The van der Waals surface area contributed by atoms with Crippen LogP contribution >= 0.6 is 31.9 Å². The van der Waals surface area contributed by atoms with Gasteiger partial charge in [-0.3, -0.25) is 10.1 Å². The molecule has 0 saturated heterocycles. The maximum atomic E-state index is 11.0. The third-order valence-corrected chi connectivity index (χ3v) is 3.25. The number of hydrogen-bond donors (Lipinski definition) is 1. The van der Waals surface area contributed by atoms with Crippen LogP contribution in [0.3, 0.4) is 0 Å². The van der Waals surface area contributed by atoms with Crippen LogP contribution < -0.4 is 5.32 Å². The topological polar surface area (TPSA) is 55.2 Å². The largest absolute Gasteiger partial charge is 0.350 e. The van der Waals surface area contributed by atoms with Crippen LogP contribution in [0.1, 0.15) is 0 Å². The lowest BCUT2D eigenvalue weighted by atomic mass is 10.2. The van der Waals surface area contributed by atoms with E-state index in [0.717, 1.165) is 10.2 Å². The Balaban J connectivity index is 2.37. The van der Waals surface area contributed by atoms with Gasteiger partial charge in [-0.25, -0.2) is 0 Å². The van der Waals surface area contributed by atoms with Gasteiger partial charge in [0, 0.05) is 20.7 Å². The number of nitrogens with one attached hydrogen (secondary N) is 1. The molecular weight excluding hydrogens is 364 g/mol. The lowest BCUT2D eigenvalue weighted by Gasteiger charge is -2.07. The fraction of sp³-hybridized carbons (Fsp3) is 0. The second-order valence-corrected chi connectivity index (χ2v) is 5.39. The van der Waals surface area contributed by atoms with E-state index in [4.69, 9.17) is 0 Å². The van der Waals surface area contributed by atoms with Crippen molar-refractivity contribution < 1.29 is 4.92 Å². The minimum absolute atomic E-state index is 0.0318. The predicted octanol–water partition coefficient (Wildman–Crippen LogP) is 4.86. The van der Waals surface area contributed by atoms with Gasteiger partial charge in [0.05, 0.1) is 4.92 Å². The fourth-order valence-electron chi connectivity index (χ4n) is 1.48. The van der Waals surface area contributed by atoms with Crippen molar-refractivity contribution in [1.29, 1.82) is 0 Å². The summed E-state index contributed by atoms with van der Waals surface area (Å²) in [6.45, 7) is 0. The van der Waals surface area contributed by atoms with Crippen molar-refractivity contribution >= 4 is 48.9 Å². The van der Waals surface area contributed by atoms with Crippen molar-refractivity contribution in [1.82, 2.24) is 0 Å². The van der Waals surface area contributed by atoms with Gasteiger partial charge in [0.15, 0.2) is 0 Å². The van der Waals surface area contributed by atoms with Gasteiger partial charge in [-0.2, -0.15) is 0 Å². The van der Waals surface area contributed by atoms with Gasteiger partial charge in [0.25, 0.3) is 5.69 Å². The summed E-state index contributed by atoms with van der Waals surface area (Å²) in [5.74, 6) is 0. The summed E-state index contributed by atoms with van der Waals surface area (Å²) in [6, 6.07) is 12.3. The average molecular weight is 372 g/mol. The highest BCUT2D eigenvalue weighted by molar-refractivity contribution is 9.10. The summed E-state index contributed by atoms with van der Waals surface area (Å²) in [5, 5.41) is 14.0. The molecule has 0 spiro atoms. The first-order valence-electron chi connectivity index (χ1n) is 5.03. The first-order valence-corrected chi connectivity index (χ1v) is 6.61. The molecule has 0 aromatic heterocycles. The van der Waals surface area contributed by atoms with Gasteiger partial charge < -0.3 is 5.32 Å². The fourth-order valence-corrected chi connectivity index (χ4v) is 2.23. The standard InChI is InChI=1S/C12H8Br2N2O2/c13-8-2-1-3-10(6-8)15-11-5-4-9(14)7-12(11)16(17)18/h1-7,15H. The molecule has 0 saturated carbocycles. The molecule has 0 atom stereocenters. The van der Waals surface area contributed by atoms with Gasteiger partial charge in [-0.15, -0.1) is 0 Å². The van der Waals surface area contributed by atoms with Gasteiger partial charge >= 0.3 is 0 Å². The lowest BCUT2D eigenvalue weighted by Crippen LogP contribution is -1.96. The minimum atomic E-state index is -0.412. The molecule has 6 heteroatoms. The zero-order chi connectivity index (χ0) is 13.1. The Hall–Kier alpha value is -1.40. The normalized spacial score (nSPS) is 10.1. The quantitative estimate of drug-likeness (QED) is 0.618. The summed E-state index contributed by atoms with van der Waals surface area (Å²) in [6.07, 6.45) is 0. The van der Waals surface area contributed by atoms with Crippen LogP contribution in [0.5, 0.6) is 0 Å². The molecule has 4 nitrogen and oxygen atoms in total. The Labute approximate surface area is 120 Å². The molecule has 2 rings (SSSR count). The second kappa shape index (κ2) is 5.49. The van der Waals surface area contributed by atoms with Crippen LogP contribution in [-0.4, -0.2) is 4.92 Å². The first kappa shape index (κ1) is 13.0. The lowest BCUT2D eigenvalue weighted by molar-refractivity contribution is -0.384. The van der Waals surface area contributed by atoms with Gasteiger partial charge in [-0.05, 0) is 30.3 Å². The Morgan fingerprint density at radius 1 is 1.06 bits per heavy atom. The average Bonchev–Trinajstić information content (AvgIpc) is 2.31. The molecular formula is C12H8Br2N2O2. The van der Waals surface area contributed by atoms with Gasteiger partial charge in [0.2, 0.25) is 0 Å². The van der Waals surface area contributed by atoms with Crippen LogP contribution in [0.15, 0.2) is 51.4 Å². The van der Waals surface area contributed by atoms with Crippen molar-refractivity contribution in [3.05, 3.63) is 61.5 Å². The maximum absolute atomic E-state index is 11.0. The molecule has 0 aliphatic rings. The van der Waals surface area contributed by atoms with E-state index in [2.05, 4.69) is 37.2 Å². The number of nitro groups is 1. The molecule has 0 amide bonds. The predicted molar refractivity (Wildman–Crippen MR) is 78.2 cm³/mol. The summed E-state index contributed by atoms with van der Waals surface area (Å²) in [7, 11) is 0. The van der Waals surface area contributed by atoms with Crippen LogP contribution in [0.4, 0.5) is 17.1 Å². The third-order valence-electron chi connectivity index (χ3n) is 2.26. The maximum Gasteiger partial charge on any atom is 0.293 e. The molecule has 0 aliphatic carbocycles. The molecule has 92 valence electrons. The Morgan fingerprint density at radius 3 is 2.44 bits per heavy atom. The number of benzene rings is 2. The summed E-state index contributed by atoms with van der Waals surface area (Å²) >= 11 is 6.58. The van der Waals surface area contributed by atoms with Crippen molar-refractivity contribution in [3.8, 4) is 0 Å². The van der Waals surface area contributed by atoms with E-state index < -0.39 is 4.92 Å². The molecule has 0 radical (unpaired) electrons. The van der Waals surface area contributed by atoms with E-state index in [1.54, 1.807) is 12.1 Å². The molecule has 0 aliphatic heterocycles. The highest BCUT2D eigenvalue weighted by Gasteiger charge is 2.14. The molecule has 2 aromatic carbocycles. The molecule has 0 bridgehead atoms. The van der Waals surface area contributed by atoms with E-state index in [0.29, 0.717) is 10.2 Å². The van der Waals surface area contributed by atoms with Crippen molar-refractivity contribution in [2.45, 2.75) is 0 Å². The number of halogens is 2. The zero-order valence-electron chi connectivity index (χ0n) is 9.06. The SMILES string of the molecule is O=[N+]([O-])c1cc(Br)ccc1Nc1cccc(Br)c1. The number of nitro benzene ring substituents is 1. The molecule has 0 unspecified atom stereocenters. The Morgan fingerprint density at radius 2 is 1.78 bits per heavy atom. The first-order chi connectivity index (χ1) is 8.56.